The van der Waals surface area contributed by atoms with Gasteiger partial charge in [-0.15, -0.1) is 0 Å². The summed E-state index contributed by atoms with van der Waals surface area (Å²) in [6, 6.07) is 6.11. The SMILES string of the molecule is CCNc1nn(CC)c2ncc(-c3ccncc3)cc12. The summed E-state index contributed by atoms with van der Waals surface area (Å²) in [5, 5.41) is 8.92. The summed E-state index contributed by atoms with van der Waals surface area (Å²) in [4.78, 5) is 8.62. The molecule has 3 aromatic rings. The standard InChI is InChI=1S/C15H17N5/c1-3-17-14-13-9-12(11-5-7-16-8-6-11)10-18-15(13)20(4-2)19-14/h5-10H,3-4H2,1-2H3,(H,17,19). The number of hydrogen-bond donors (Lipinski definition) is 1. The third-order valence-corrected chi connectivity index (χ3v) is 3.24. The molecule has 20 heavy (non-hydrogen) atoms. The van der Waals surface area contributed by atoms with Gasteiger partial charge >= 0.3 is 0 Å². The molecule has 0 unspecified atom stereocenters. The van der Waals surface area contributed by atoms with Gasteiger partial charge in [-0.25, -0.2) is 9.67 Å². The van der Waals surface area contributed by atoms with Gasteiger partial charge in [0.1, 0.15) is 0 Å². The fourth-order valence-corrected chi connectivity index (χ4v) is 2.28. The van der Waals surface area contributed by atoms with Crippen molar-refractivity contribution in [1.82, 2.24) is 19.7 Å². The molecular weight excluding hydrogens is 250 g/mol. The predicted molar refractivity (Wildman–Crippen MR) is 80.6 cm³/mol. The molecule has 5 nitrogen and oxygen atoms in total. The second kappa shape index (κ2) is 5.28. The zero-order valence-corrected chi connectivity index (χ0v) is 11.7. The lowest BCUT2D eigenvalue weighted by Crippen LogP contribution is -2.00. The Labute approximate surface area is 117 Å². The summed E-state index contributed by atoms with van der Waals surface area (Å²) >= 11 is 0. The summed E-state index contributed by atoms with van der Waals surface area (Å²) in [6.07, 6.45) is 5.47. The monoisotopic (exact) mass is 267 g/mol. The van der Waals surface area contributed by atoms with Crippen LogP contribution >= 0.6 is 0 Å². The summed E-state index contributed by atoms with van der Waals surface area (Å²) in [7, 11) is 0. The van der Waals surface area contributed by atoms with Crippen molar-refractivity contribution in [3.05, 3.63) is 36.8 Å². The van der Waals surface area contributed by atoms with Crippen molar-refractivity contribution in [2.24, 2.45) is 0 Å². The fourth-order valence-electron chi connectivity index (χ4n) is 2.28. The van der Waals surface area contributed by atoms with Crippen LogP contribution in [0.15, 0.2) is 36.8 Å². The molecule has 0 aliphatic carbocycles. The smallest absolute Gasteiger partial charge is 0.159 e. The van der Waals surface area contributed by atoms with Gasteiger partial charge < -0.3 is 5.32 Å². The normalized spacial score (nSPS) is 10.9. The lowest BCUT2D eigenvalue weighted by atomic mass is 10.1. The van der Waals surface area contributed by atoms with Crippen LogP contribution in [0.4, 0.5) is 5.82 Å². The maximum atomic E-state index is 4.57. The average molecular weight is 267 g/mol. The van der Waals surface area contributed by atoms with Gasteiger partial charge in [0.25, 0.3) is 0 Å². The highest BCUT2D eigenvalue weighted by molar-refractivity contribution is 5.90. The fraction of sp³-hybridized carbons (Fsp3) is 0.267. The Morgan fingerprint density at radius 2 is 1.95 bits per heavy atom. The highest BCUT2D eigenvalue weighted by Gasteiger charge is 2.11. The maximum absolute atomic E-state index is 4.57. The molecule has 0 aliphatic rings. The number of aryl methyl sites for hydroxylation is 1. The van der Waals surface area contributed by atoms with E-state index in [-0.39, 0.29) is 0 Å². The molecular formula is C15H17N5. The van der Waals surface area contributed by atoms with E-state index in [0.29, 0.717) is 0 Å². The number of nitrogens with one attached hydrogen (secondary N) is 1. The zero-order valence-electron chi connectivity index (χ0n) is 11.7. The highest BCUT2D eigenvalue weighted by Crippen LogP contribution is 2.26. The van der Waals surface area contributed by atoms with E-state index in [1.54, 1.807) is 12.4 Å². The molecule has 0 saturated carbocycles. The number of anilines is 1. The molecule has 0 atom stereocenters. The van der Waals surface area contributed by atoms with Crippen molar-refractivity contribution in [1.29, 1.82) is 0 Å². The van der Waals surface area contributed by atoms with Crippen LogP contribution in [0.2, 0.25) is 0 Å². The van der Waals surface area contributed by atoms with Crippen molar-refractivity contribution in [2.75, 3.05) is 11.9 Å². The molecule has 3 rings (SSSR count). The lowest BCUT2D eigenvalue weighted by molar-refractivity contribution is 0.678. The van der Waals surface area contributed by atoms with Gasteiger partial charge in [0.2, 0.25) is 0 Å². The van der Waals surface area contributed by atoms with E-state index in [1.807, 2.05) is 23.0 Å². The van der Waals surface area contributed by atoms with Crippen molar-refractivity contribution in [3.63, 3.8) is 0 Å². The van der Waals surface area contributed by atoms with Crippen LogP contribution in [-0.2, 0) is 6.54 Å². The first-order valence-electron chi connectivity index (χ1n) is 6.84. The van der Waals surface area contributed by atoms with E-state index in [9.17, 15) is 0 Å². The van der Waals surface area contributed by atoms with Crippen molar-refractivity contribution >= 4 is 16.9 Å². The molecule has 0 bridgehead atoms. The zero-order chi connectivity index (χ0) is 13.9. The molecule has 5 heteroatoms. The summed E-state index contributed by atoms with van der Waals surface area (Å²) in [5.41, 5.74) is 3.11. The first kappa shape index (κ1) is 12.6. The summed E-state index contributed by atoms with van der Waals surface area (Å²) in [6.45, 7) is 5.79. The summed E-state index contributed by atoms with van der Waals surface area (Å²) in [5.74, 6) is 0.896. The van der Waals surface area contributed by atoms with Gasteiger partial charge in [0.15, 0.2) is 11.5 Å². The summed E-state index contributed by atoms with van der Waals surface area (Å²) < 4.78 is 1.92. The topological polar surface area (TPSA) is 55.6 Å². The van der Waals surface area contributed by atoms with Crippen molar-refractivity contribution in [3.8, 4) is 11.1 Å². The molecule has 3 aromatic heterocycles. The van der Waals surface area contributed by atoms with Gasteiger partial charge in [-0.05, 0) is 37.6 Å². The van der Waals surface area contributed by atoms with E-state index >= 15 is 0 Å². The quantitative estimate of drug-likeness (QED) is 0.789. The van der Waals surface area contributed by atoms with E-state index in [1.165, 1.54) is 0 Å². The molecule has 0 saturated heterocycles. The number of fused-ring (bicyclic) bond motifs is 1. The van der Waals surface area contributed by atoms with Crippen molar-refractivity contribution < 1.29 is 0 Å². The van der Waals surface area contributed by atoms with Crippen LogP contribution < -0.4 is 5.32 Å². The Bertz CT molecular complexity index is 718. The third-order valence-electron chi connectivity index (χ3n) is 3.24. The van der Waals surface area contributed by atoms with Gasteiger partial charge in [0.05, 0.1) is 5.39 Å². The maximum Gasteiger partial charge on any atom is 0.159 e. The molecule has 0 aromatic carbocycles. The minimum atomic E-state index is 0.809. The van der Waals surface area contributed by atoms with Crippen LogP contribution in [0, 0.1) is 0 Å². The molecule has 0 fully saturated rings. The number of nitrogens with zero attached hydrogens (tertiary/aromatic N) is 4. The van der Waals surface area contributed by atoms with Gasteiger partial charge in [-0.1, -0.05) is 0 Å². The third kappa shape index (κ3) is 2.11. The van der Waals surface area contributed by atoms with Crippen LogP contribution in [0.25, 0.3) is 22.2 Å². The second-order valence-electron chi connectivity index (χ2n) is 4.53. The predicted octanol–water partition coefficient (Wildman–Crippen LogP) is 2.95. The molecule has 102 valence electrons. The average Bonchev–Trinajstić information content (AvgIpc) is 2.86. The molecule has 0 spiro atoms. The van der Waals surface area contributed by atoms with E-state index in [2.05, 4.69) is 40.3 Å². The number of aromatic nitrogens is 4. The van der Waals surface area contributed by atoms with Gasteiger partial charge in [-0.2, -0.15) is 5.10 Å². The molecule has 1 N–H and O–H groups in total. The largest absolute Gasteiger partial charge is 0.368 e. The minimum Gasteiger partial charge on any atom is -0.368 e. The lowest BCUT2D eigenvalue weighted by Gasteiger charge is -2.02. The van der Waals surface area contributed by atoms with Crippen LogP contribution in [0.5, 0.6) is 0 Å². The van der Waals surface area contributed by atoms with Crippen molar-refractivity contribution in [2.45, 2.75) is 20.4 Å². The van der Waals surface area contributed by atoms with Crippen LogP contribution in [0.3, 0.4) is 0 Å². The number of rotatable bonds is 4. The van der Waals surface area contributed by atoms with E-state index in [0.717, 1.165) is 41.1 Å². The Morgan fingerprint density at radius 1 is 1.15 bits per heavy atom. The molecule has 0 aliphatic heterocycles. The number of hydrogen-bond acceptors (Lipinski definition) is 4. The molecule has 3 heterocycles. The Morgan fingerprint density at radius 3 is 2.65 bits per heavy atom. The molecule has 0 radical (unpaired) electrons. The van der Waals surface area contributed by atoms with Crippen LogP contribution in [-0.4, -0.2) is 26.3 Å². The Balaban J connectivity index is 2.16. The van der Waals surface area contributed by atoms with E-state index in [4.69, 9.17) is 0 Å². The Kier molecular flexibility index (Phi) is 3.33. The molecule has 0 amide bonds. The van der Waals surface area contributed by atoms with Crippen LogP contribution in [0.1, 0.15) is 13.8 Å². The van der Waals surface area contributed by atoms with E-state index < -0.39 is 0 Å². The Hall–Kier alpha value is -2.43. The van der Waals surface area contributed by atoms with Gasteiger partial charge in [0, 0.05) is 37.2 Å². The number of pyridine rings is 2. The minimum absolute atomic E-state index is 0.809. The first-order chi connectivity index (χ1) is 9.83. The first-order valence-corrected chi connectivity index (χ1v) is 6.84. The highest BCUT2D eigenvalue weighted by atomic mass is 15.3. The second-order valence-corrected chi connectivity index (χ2v) is 4.53. The van der Waals surface area contributed by atoms with Gasteiger partial charge in [-0.3, -0.25) is 4.98 Å².